The summed E-state index contributed by atoms with van der Waals surface area (Å²) in [6.45, 7) is 15.1. The maximum Gasteiger partial charge on any atom is 0.324 e. The maximum atomic E-state index is 14.7. The number of carbonyl (C=O) groups is 5. The summed E-state index contributed by atoms with van der Waals surface area (Å²) in [6.07, 6.45) is 3.83. The van der Waals surface area contributed by atoms with E-state index in [1.54, 1.807) is 37.0 Å². The van der Waals surface area contributed by atoms with E-state index in [1.165, 1.54) is 16.0 Å². The Labute approximate surface area is 392 Å². The van der Waals surface area contributed by atoms with Gasteiger partial charge >= 0.3 is 5.97 Å². The summed E-state index contributed by atoms with van der Waals surface area (Å²) < 4.78 is 15.6. The molecule has 0 radical (unpaired) electrons. The molecule has 3 aromatic heterocycles. The molecule has 0 saturated carbocycles. The van der Waals surface area contributed by atoms with Crippen molar-refractivity contribution in [2.45, 2.75) is 100 Å². The molecule has 18 heteroatoms. The quantitative estimate of drug-likeness (QED) is 0.110. The average molecular weight is 1000 g/mol. The van der Waals surface area contributed by atoms with Crippen molar-refractivity contribution >= 4 is 63.1 Å². The second kappa shape index (κ2) is 17.9. The number of pyridine rings is 1. The summed E-state index contributed by atoms with van der Waals surface area (Å²) in [5.41, 5.74) is 8.20. The number of rotatable bonds is 8. The number of cyclic esters (lactones) is 1. The van der Waals surface area contributed by atoms with Gasteiger partial charge in [0.25, 0.3) is 5.91 Å². The SMILES string of the molecule is C=CC(=O)N1CC[C@](I)(C(=O)N(C)[C@H](C(=O)N[C@H]2Cc3nc(n(C)n3)-c3ccc4c(c3)c3c(n4CC)-c4cccnc4[C@@H](OC)C3C(C)(C)COC(=O)[C@@H]3CCCN(N3)C2=O)C(C)C)C1. The number of hydrogen-bond acceptors (Lipinski definition) is 11. The number of ether oxygens (including phenoxy) is 2. The van der Waals surface area contributed by atoms with Crippen molar-refractivity contribution in [1.29, 1.82) is 0 Å². The van der Waals surface area contributed by atoms with Gasteiger partial charge in [0.2, 0.25) is 17.7 Å². The molecule has 4 amide bonds. The third kappa shape index (κ3) is 8.23. The number of carbonyl (C=O) groups excluding carboxylic acids is 5. The fourth-order valence-corrected chi connectivity index (χ4v) is 11.5. The number of aromatic nitrogens is 5. The molecule has 1 unspecified atom stereocenters. The zero-order valence-electron chi connectivity index (χ0n) is 38.4. The van der Waals surface area contributed by atoms with Gasteiger partial charge in [-0.1, -0.05) is 56.9 Å². The summed E-state index contributed by atoms with van der Waals surface area (Å²) in [6, 6.07) is 7.28. The molecule has 2 N–H and O–H groups in total. The zero-order chi connectivity index (χ0) is 46.7. The van der Waals surface area contributed by atoms with E-state index >= 15 is 0 Å². The van der Waals surface area contributed by atoms with E-state index in [1.807, 2.05) is 26.0 Å². The first-order valence-electron chi connectivity index (χ1n) is 22.4. The standard InChI is InChI=1S/C47H59IN10O7/c1-10-34(59)56-21-18-47(48,24-56)45(63)54(7)38(26(3)4)42(60)50-31-23-33-51-41(55(8)53-33)27-16-17-32-29(22-27)35-36(40(64-9)37-28(14-12-19-49-37)39(35)57(32)11-2)46(5,6)25-65-44(62)30-15-13-20-58(52-30)43(31)61/h10,12,14,16-17,19,22,26,30-31,36,38,40,52H,1,11,13,15,18,20-21,23-25H2,2-9H3,(H,50,60)/t30-,31-,36?,38-,40-,47+/m0/s1. The third-order valence-electron chi connectivity index (χ3n) is 13.6. The number of fused-ring (bicyclic) bond motifs is 8. The number of benzene rings is 1. The Morgan fingerprint density at radius 1 is 1.18 bits per heavy atom. The van der Waals surface area contributed by atoms with Crippen molar-refractivity contribution in [2.24, 2.45) is 18.4 Å². The fraction of sp³-hybridized carbons (Fsp3) is 0.532. The molecule has 1 aliphatic carbocycles. The van der Waals surface area contributed by atoms with Crippen molar-refractivity contribution in [2.75, 3.05) is 40.4 Å². The van der Waals surface area contributed by atoms with Gasteiger partial charge in [0, 0.05) is 93.4 Å². The van der Waals surface area contributed by atoms with E-state index in [0.717, 1.165) is 39.0 Å². The molecule has 3 aliphatic heterocycles. The number of likely N-dealkylation sites (N-methyl/N-ethyl adjacent to an activating group) is 1. The van der Waals surface area contributed by atoms with Crippen molar-refractivity contribution < 1.29 is 33.4 Å². The van der Waals surface area contributed by atoms with Crippen LogP contribution in [-0.2, 0) is 53.5 Å². The van der Waals surface area contributed by atoms with Gasteiger partial charge in [0.15, 0.2) is 11.6 Å². The number of nitrogens with zero attached hydrogens (tertiary/aromatic N) is 8. The minimum absolute atomic E-state index is 0.0534. The molecule has 1 aromatic carbocycles. The normalized spacial score (nSPS) is 24.6. The topological polar surface area (TPSA) is 186 Å². The number of halogens is 1. The van der Waals surface area contributed by atoms with Crippen LogP contribution < -0.4 is 10.7 Å². The van der Waals surface area contributed by atoms with Crippen LogP contribution in [0.3, 0.4) is 0 Å². The van der Waals surface area contributed by atoms with Gasteiger partial charge in [-0.05, 0) is 74.1 Å². The number of methoxy groups -OCH3 is 1. The summed E-state index contributed by atoms with van der Waals surface area (Å²) in [5.74, 6) is -1.83. The minimum atomic E-state index is -1.18. The van der Waals surface area contributed by atoms with Crippen LogP contribution in [-0.4, -0.2) is 131 Å². The Kier molecular flexibility index (Phi) is 12.7. The van der Waals surface area contributed by atoms with Gasteiger partial charge in [-0.2, -0.15) is 5.10 Å². The van der Waals surface area contributed by atoms with E-state index in [-0.39, 0.29) is 49.8 Å². The predicted octanol–water partition coefficient (Wildman–Crippen LogP) is 4.48. The lowest BCUT2D eigenvalue weighted by atomic mass is 9.67. The van der Waals surface area contributed by atoms with Crippen LogP contribution in [0.1, 0.15) is 83.0 Å². The molecule has 6 heterocycles. The van der Waals surface area contributed by atoms with Crippen LogP contribution in [0.25, 0.3) is 33.5 Å². The van der Waals surface area contributed by atoms with Gasteiger partial charge < -0.3 is 29.2 Å². The molecule has 6 bridgehead atoms. The van der Waals surface area contributed by atoms with Crippen LogP contribution in [0.5, 0.6) is 0 Å². The summed E-state index contributed by atoms with van der Waals surface area (Å²) >= 11 is 2.09. The first kappa shape index (κ1) is 46.3. The summed E-state index contributed by atoms with van der Waals surface area (Å²) in [7, 11) is 5.08. The Hall–Kier alpha value is -5.21. The number of hydrogen-bond donors (Lipinski definition) is 2. The lowest BCUT2D eigenvalue weighted by molar-refractivity contribution is -0.156. The summed E-state index contributed by atoms with van der Waals surface area (Å²) in [4.78, 5) is 82.9. The predicted molar refractivity (Wildman–Crippen MR) is 251 cm³/mol. The molecule has 8 rings (SSSR count). The van der Waals surface area contributed by atoms with E-state index in [4.69, 9.17) is 24.5 Å². The number of likely N-dealkylation sites (tertiary alicyclic amines) is 1. The summed E-state index contributed by atoms with van der Waals surface area (Å²) in [5, 5.41) is 10.2. The van der Waals surface area contributed by atoms with Crippen LogP contribution in [0, 0.1) is 11.3 Å². The molecule has 2 fully saturated rings. The lowest BCUT2D eigenvalue weighted by Gasteiger charge is -2.42. The van der Waals surface area contributed by atoms with Crippen LogP contribution in [0.2, 0.25) is 0 Å². The lowest BCUT2D eigenvalue weighted by Crippen LogP contribution is -2.62. The first-order chi connectivity index (χ1) is 30.9. The van der Waals surface area contributed by atoms with Gasteiger partial charge in [-0.15, -0.1) is 0 Å². The molecule has 0 spiro atoms. The Bertz CT molecular complexity index is 2570. The molecule has 65 heavy (non-hydrogen) atoms. The number of nitrogens with one attached hydrogen (secondary N) is 2. The number of aryl methyl sites for hydroxylation is 2. The smallest absolute Gasteiger partial charge is 0.324 e. The monoisotopic (exact) mass is 1000 g/mol. The molecule has 4 aliphatic rings. The molecule has 346 valence electrons. The van der Waals surface area contributed by atoms with Crippen molar-refractivity contribution in [3.05, 3.63) is 66.3 Å². The molecule has 6 atom stereocenters. The highest BCUT2D eigenvalue weighted by Crippen LogP contribution is 2.57. The maximum absolute atomic E-state index is 14.7. The molecule has 17 nitrogen and oxygen atoms in total. The van der Waals surface area contributed by atoms with Gasteiger partial charge in [0.1, 0.15) is 27.7 Å². The number of hydrazine groups is 1. The molecule has 2 saturated heterocycles. The van der Waals surface area contributed by atoms with E-state index < -0.39 is 50.8 Å². The highest BCUT2D eigenvalue weighted by molar-refractivity contribution is 14.1. The van der Waals surface area contributed by atoms with Crippen LogP contribution in [0.4, 0.5) is 0 Å². The van der Waals surface area contributed by atoms with E-state index in [0.29, 0.717) is 44.0 Å². The first-order valence-corrected chi connectivity index (χ1v) is 23.5. The number of amides is 4. The molecular weight excluding hydrogens is 943 g/mol. The van der Waals surface area contributed by atoms with Crippen molar-refractivity contribution in [1.82, 2.24) is 49.9 Å². The van der Waals surface area contributed by atoms with E-state index in [2.05, 4.69) is 83.4 Å². The van der Waals surface area contributed by atoms with Crippen LogP contribution >= 0.6 is 22.6 Å². The van der Waals surface area contributed by atoms with Gasteiger partial charge in [-0.25, -0.2) is 15.1 Å². The second-order valence-electron chi connectivity index (χ2n) is 18.7. The highest BCUT2D eigenvalue weighted by atomic mass is 127. The van der Waals surface area contributed by atoms with Gasteiger partial charge in [-0.3, -0.25) is 34.0 Å². The van der Waals surface area contributed by atoms with Gasteiger partial charge in [0.05, 0.1) is 18.0 Å². The fourth-order valence-electron chi connectivity index (χ4n) is 10.5. The molecule has 4 aromatic rings. The number of esters is 1. The third-order valence-corrected chi connectivity index (χ3v) is 14.9. The van der Waals surface area contributed by atoms with E-state index in [9.17, 15) is 24.0 Å². The highest BCUT2D eigenvalue weighted by Gasteiger charge is 2.49. The minimum Gasteiger partial charge on any atom is -0.464 e. The number of alkyl halides is 1. The zero-order valence-corrected chi connectivity index (χ0v) is 40.5. The molecular formula is C47H59IN10O7. The second-order valence-corrected chi connectivity index (χ2v) is 20.8. The largest absolute Gasteiger partial charge is 0.464 e. The van der Waals surface area contributed by atoms with Crippen LogP contribution in [0.15, 0.2) is 49.2 Å². The Balaban J connectivity index is 1.20. The van der Waals surface area contributed by atoms with Crippen molar-refractivity contribution in [3.8, 4) is 22.6 Å². The average Bonchev–Trinajstić information content (AvgIpc) is 3.98. The Morgan fingerprint density at radius 2 is 1.95 bits per heavy atom. The van der Waals surface area contributed by atoms with Crippen molar-refractivity contribution in [3.63, 3.8) is 0 Å². The Morgan fingerprint density at radius 3 is 2.66 bits per heavy atom.